The third kappa shape index (κ3) is 9.37. The molecule has 0 aromatic heterocycles. The summed E-state index contributed by atoms with van der Waals surface area (Å²) in [4.78, 5) is 69.6. The molecule has 0 unspecified atom stereocenters. The van der Waals surface area contributed by atoms with Gasteiger partial charge in [-0.05, 0) is 18.6 Å². The number of carbonyl (C=O) groups is 5. The fourth-order valence-electron chi connectivity index (χ4n) is 3.63. The maximum Gasteiger partial charge on any atom is 0.311 e. The van der Waals surface area contributed by atoms with Crippen LogP contribution in [0.2, 0.25) is 0 Å². The van der Waals surface area contributed by atoms with E-state index in [1.54, 1.807) is 0 Å². The minimum Gasteiger partial charge on any atom is -0.465 e. The lowest BCUT2D eigenvalue weighted by Crippen LogP contribution is -2.58. The maximum absolute atomic E-state index is 12.5. The van der Waals surface area contributed by atoms with Crippen molar-refractivity contribution in [3.63, 3.8) is 0 Å². The average Bonchev–Trinajstić information content (AvgIpc) is 2.79. The van der Waals surface area contributed by atoms with E-state index in [-0.39, 0.29) is 30.9 Å². The summed E-state index contributed by atoms with van der Waals surface area (Å²) in [5.41, 5.74) is -0.166. The third-order valence-corrected chi connectivity index (χ3v) is 6.61. The number of carbonyl (C=O) groups excluding carboxylic acids is 5. The highest BCUT2D eigenvalue weighted by atomic mass is 32.2. The van der Waals surface area contributed by atoms with Gasteiger partial charge in [-0.1, -0.05) is 0 Å². The molecule has 202 valence electrons. The van der Waals surface area contributed by atoms with Gasteiger partial charge in [-0.2, -0.15) is 0 Å². The smallest absolute Gasteiger partial charge is 0.311 e. The molecule has 0 spiro atoms. The largest absolute Gasteiger partial charge is 0.465 e. The van der Waals surface area contributed by atoms with E-state index in [4.69, 9.17) is 23.7 Å². The summed E-state index contributed by atoms with van der Waals surface area (Å²) in [6.45, 7) is 4.44. The lowest BCUT2D eigenvalue weighted by molar-refractivity contribution is -0.384. The lowest BCUT2D eigenvalue weighted by Gasteiger charge is -2.44. The molecule has 1 heterocycles. The molecule has 1 fully saturated rings. The number of hydrogen-bond acceptors (Lipinski definition) is 13. The van der Waals surface area contributed by atoms with Crippen LogP contribution in [-0.2, 0) is 42.9 Å². The predicted octanol–water partition coefficient (Wildman–Crippen LogP) is 2.12. The molecule has 1 aliphatic rings. The fraction of sp³-hybridized carbons (Fsp3) is 0.522. The molecule has 13 nitrogen and oxygen atoms in total. The first kappa shape index (κ1) is 29.5. The summed E-state index contributed by atoms with van der Waals surface area (Å²) in [5, 5.41) is 9.42. The zero-order chi connectivity index (χ0) is 27.7. The summed E-state index contributed by atoms with van der Waals surface area (Å²) in [6, 6.07) is 4.94. The quantitative estimate of drug-likeness (QED) is 0.139. The number of nitro benzene ring substituents is 1. The number of ether oxygens (including phenoxy) is 5. The molecule has 1 saturated heterocycles. The number of hydrogen-bond donors (Lipinski definition) is 0. The van der Waals surface area contributed by atoms with Crippen molar-refractivity contribution in [2.45, 2.75) is 69.3 Å². The van der Waals surface area contributed by atoms with Gasteiger partial charge in [0.15, 0.2) is 18.3 Å². The Morgan fingerprint density at radius 1 is 0.811 bits per heavy atom. The second kappa shape index (κ2) is 13.6. The SMILES string of the molecule is CC(=O)OC[C@@H]1S[C@H](CCC(=O)Oc2ccc([N+](=O)[O-])cc2)[C@H](OC(C)=O)[C@@H](OC(C)=O)[C@H]1OC(C)=O. The van der Waals surface area contributed by atoms with Crippen molar-refractivity contribution >= 4 is 47.3 Å². The van der Waals surface area contributed by atoms with E-state index >= 15 is 0 Å². The zero-order valence-electron chi connectivity index (χ0n) is 20.6. The molecule has 0 amide bonds. The minimum atomic E-state index is -1.23. The van der Waals surface area contributed by atoms with E-state index < -0.39 is 63.6 Å². The Hall–Kier alpha value is -3.68. The molecule has 14 heteroatoms. The van der Waals surface area contributed by atoms with Gasteiger partial charge >= 0.3 is 29.8 Å². The van der Waals surface area contributed by atoms with Crippen LogP contribution in [0.1, 0.15) is 40.5 Å². The van der Waals surface area contributed by atoms with Crippen LogP contribution >= 0.6 is 11.8 Å². The number of benzene rings is 1. The predicted molar refractivity (Wildman–Crippen MR) is 126 cm³/mol. The van der Waals surface area contributed by atoms with Crippen LogP contribution < -0.4 is 4.74 Å². The van der Waals surface area contributed by atoms with Crippen LogP contribution in [0.5, 0.6) is 5.75 Å². The number of rotatable bonds is 10. The van der Waals surface area contributed by atoms with Gasteiger partial charge in [0.2, 0.25) is 0 Å². The Balaban J connectivity index is 2.25. The molecule has 1 aromatic rings. The molecule has 0 radical (unpaired) electrons. The van der Waals surface area contributed by atoms with Crippen LogP contribution in [0.15, 0.2) is 24.3 Å². The standard InChI is InChI=1S/C23H27NO12S/c1-12(25)32-11-19-22(34-14(3)27)23(35-15(4)28)21(33-13(2)26)18(37-19)9-10-20(29)36-17-7-5-16(6-8-17)24(30)31/h5-8,18-19,21-23H,9-11H2,1-4H3/t18-,19+,21+,22+,23-/m1/s1. The summed E-state index contributed by atoms with van der Waals surface area (Å²) in [7, 11) is 0. The highest BCUT2D eigenvalue weighted by Crippen LogP contribution is 2.40. The van der Waals surface area contributed by atoms with E-state index in [9.17, 15) is 34.1 Å². The molecule has 0 N–H and O–H groups in total. The second-order valence-corrected chi connectivity index (χ2v) is 9.48. The number of nitrogens with zero attached hydrogens (tertiary/aromatic N) is 1. The van der Waals surface area contributed by atoms with Crippen LogP contribution in [0.3, 0.4) is 0 Å². The van der Waals surface area contributed by atoms with E-state index in [1.807, 2.05) is 0 Å². The topological polar surface area (TPSA) is 175 Å². The molecule has 37 heavy (non-hydrogen) atoms. The van der Waals surface area contributed by atoms with Gasteiger partial charge in [0.25, 0.3) is 5.69 Å². The molecule has 5 atom stereocenters. The van der Waals surface area contributed by atoms with Crippen molar-refractivity contribution in [1.29, 1.82) is 0 Å². The Labute approximate surface area is 216 Å². The van der Waals surface area contributed by atoms with Crippen molar-refractivity contribution < 1.29 is 52.6 Å². The normalized spacial score (nSPS) is 22.8. The first-order chi connectivity index (χ1) is 17.4. The monoisotopic (exact) mass is 541 g/mol. The van der Waals surface area contributed by atoms with Crippen molar-refractivity contribution in [1.82, 2.24) is 0 Å². The van der Waals surface area contributed by atoms with Gasteiger partial charge in [-0.15, -0.1) is 11.8 Å². The minimum absolute atomic E-state index is 0.0789. The highest BCUT2D eigenvalue weighted by Gasteiger charge is 2.51. The second-order valence-electron chi connectivity index (χ2n) is 8.00. The summed E-state index contributed by atoms with van der Waals surface area (Å²) < 4.78 is 26.5. The van der Waals surface area contributed by atoms with Gasteiger partial charge in [0.1, 0.15) is 12.4 Å². The van der Waals surface area contributed by atoms with E-state index in [2.05, 4.69) is 0 Å². The Morgan fingerprint density at radius 2 is 1.32 bits per heavy atom. The Morgan fingerprint density at radius 3 is 1.81 bits per heavy atom. The molecule has 1 aromatic carbocycles. The number of non-ortho nitro benzene ring substituents is 1. The van der Waals surface area contributed by atoms with Crippen LogP contribution in [0, 0.1) is 10.1 Å². The van der Waals surface area contributed by atoms with Gasteiger partial charge in [-0.25, -0.2) is 0 Å². The van der Waals surface area contributed by atoms with E-state index in [0.29, 0.717) is 0 Å². The first-order valence-corrected chi connectivity index (χ1v) is 12.1. The zero-order valence-corrected chi connectivity index (χ0v) is 21.4. The van der Waals surface area contributed by atoms with Crippen molar-refractivity contribution in [2.75, 3.05) is 6.61 Å². The highest BCUT2D eigenvalue weighted by molar-refractivity contribution is 8.00. The van der Waals surface area contributed by atoms with E-state index in [1.165, 1.54) is 31.2 Å². The van der Waals surface area contributed by atoms with Gasteiger partial charge in [-0.3, -0.25) is 34.1 Å². The third-order valence-electron chi connectivity index (χ3n) is 5.00. The molecular weight excluding hydrogens is 514 g/mol. The van der Waals surface area contributed by atoms with E-state index in [0.717, 1.165) is 32.5 Å². The lowest BCUT2D eigenvalue weighted by atomic mass is 9.97. The fourth-order valence-corrected chi connectivity index (χ4v) is 5.21. The van der Waals surface area contributed by atoms with Crippen LogP contribution in [0.25, 0.3) is 0 Å². The summed E-state index contributed by atoms with van der Waals surface area (Å²) in [5.74, 6) is -3.27. The number of nitro groups is 1. The van der Waals surface area contributed by atoms with Crippen LogP contribution in [-0.4, -0.2) is 70.2 Å². The Kier molecular flexibility index (Phi) is 10.8. The van der Waals surface area contributed by atoms with Crippen LogP contribution in [0.4, 0.5) is 5.69 Å². The number of esters is 5. The average molecular weight is 542 g/mol. The maximum atomic E-state index is 12.5. The molecular formula is C23H27NO12S. The Bertz CT molecular complexity index is 1030. The molecule has 1 aliphatic heterocycles. The van der Waals surface area contributed by atoms with Gasteiger partial charge in [0.05, 0.1) is 10.2 Å². The summed E-state index contributed by atoms with van der Waals surface area (Å²) in [6.07, 6.45) is -3.54. The molecule has 0 aliphatic carbocycles. The van der Waals surface area contributed by atoms with Crippen molar-refractivity contribution in [2.24, 2.45) is 0 Å². The summed E-state index contributed by atoms with van der Waals surface area (Å²) >= 11 is 1.15. The van der Waals surface area contributed by atoms with Crippen molar-refractivity contribution in [3.05, 3.63) is 34.4 Å². The first-order valence-electron chi connectivity index (χ1n) is 11.1. The molecule has 2 rings (SSSR count). The van der Waals surface area contributed by atoms with Gasteiger partial charge in [0, 0.05) is 51.5 Å². The van der Waals surface area contributed by atoms with Gasteiger partial charge < -0.3 is 23.7 Å². The number of thioether (sulfide) groups is 1. The molecule has 0 bridgehead atoms. The van der Waals surface area contributed by atoms with Crippen molar-refractivity contribution in [3.8, 4) is 5.75 Å². The molecule has 0 saturated carbocycles.